The molecule has 2 heterocycles. The van der Waals surface area contributed by atoms with Crippen molar-refractivity contribution in [2.45, 2.75) is 6.04 Å². The predicted octanol–water partition coefficient (Wildman–Crippen LogP) is 2.92. The topological polar surface area (TPSA) is 83.2 Å². The Morgan fingerprint density at radius 1 is 1.32 bits per heavy atom. The summed E-state index contributed by atoms with van der Waals surface area (Å²) in [6, 6.07) is 7.18. The lowest BCUT2D eigenvalue weighted by Crippen LogP contribution is -2.35. The maximum atomic E-state index is 12.8. The molecule has 0 saturated carbocycles. The molecule has 0 unspecified atom stereocenters. The van der Waals surface area contributed by atoms with Gasteiger partial charge in [-0.3, -0.25) is 9.59 Å². The minimum absolute atomic E-state index is 0.0562. The van der Waals surface area contributed by atoms with Gasteiger partial charge < -0.3 is 24.1 Å². The van der Waals surface area contributed by atoms with Gasteiger partial charge >= 0.3 is 0 Å². The first-order valence-electron chi connectivity index (χ1n) is 8.65. The second-order valence-corrected chi connectivity index (χ2v) is 7.09. The number of Topliss-reactive ketones (excluding diaryl/α,β-unsaturated/α-hetero) is 1. The molecule has 28 heavy (non-hydrogen) atoms. The first kappa shape index (κ1) is 20.0. The molecule has 1 N–H and O–H groups in total. The summed E-state index contributed by atoms with van der Waals surface area (Å²) in [5.41, 5.74) is 0.177. The van der Waals surface area contributed by atoms with E-state index in [0.717, 1.165) is 0 Å². The van der Waals surface area contributed by atoms with Crippen LogP contribution in [0.5, 0.6) is 5.75 Å². The van der Waals surface area contributed by atoms with E-state index in [2.05, 4.69) is 0 Å². The van der Waals surface area contributed by atoms with Crippen molar-refractivity contribution in [3.8, 4) is 5.75 Å². The number of nitrogens with zero attached hydrogens (tertiary/aromatic N) is 2. The summed E-state index contributed by atoms with van der Waals surface area (Å²) >= 11 is 6.06. The number of likely N-dealkylation sites (N-methyl/N-ethyl adjacent to an activating group) is 1. The monoisotopic (exact) mass is 404 g/mol. The predicted molar refractivity (Wildman–Crippen MR) is 104 cm³/mol. The van der Waals surface area contributed by atoms with Crippen molar-refractivity contribution in [2.24, 2.45) is 0 Å². The quantitative estimate of drug-likeness (QED) is 0.453. The normalized spacial score (nSPS) is 18.9. The molecule has 0 aliphatic carbocycles. The summed E-state index contributed by atoms with van der Waals surface area (Å²) in [5.74, 6) is -1.10. The van der Waals surface area contributed by atoms with Crippen molar-refractivity contribution in [1.29, 1.82) is 0 Å². The van der Waals surface area contributed by atoms with Crippen molar-refractivity contribution in [2.75, 3.05) is 34.3 Å². The number of hydrogen-bond acceptors (Lipinski definition) is 6. The number of methoxy groups -OCH3 is 1. The molecule has 1 amide bonds. The third-order valence-electron chi connectivity index (χ3n) is 4.56. The van der Waals surface area contributed by atoms with Gasteiger partial charge in [-0.2, -0.15) is 0 Å². The van der Waals surface area contributed by atoms with Gasteiger partial charge in [0, 0.05) is 18.1 Å². The Morgan fingerprint density at radius 3 is 2.68 bits per heavy atom. The molecule has 1 aromatic heterocycles. The highest BCUT2D eigenvalue weighted by Crippen LogP contribution is 2.41. The fourth-order valence-corrected chi connectivity index (χ4v) is 3.34. The van der Waals surface area contributed by atoms with Gasteiger partial charge in [-0.25, -0.2) is 0 Å². The Morgan fingerprint density at radius 2 is 2.07 bits per heavy atom. The van der Waals surface area contributed by atoms with Crippen LogP contribution in [-0.2, 0) is 9.59 Å². The summed E-state index contributed by atoms with van der Waals surface area (Å²) in [5, 5.41) is 11.4. The molecule has 3 rings (SSSR count). The molecular formula is C20H21ClN2O5. The van der Waals surface area contributed by atoms with E-state index >= 15 is 0 Å². The van der Waals surface area contributed by atoms with Crippen LogP contribution in [0.15, 0.2) is 46.6 Å². The van der Waals surface area contributed by atoms with Crippen LogP contribution in [0.25, 0.3) is 5.76 Å². The van der Waals surface area contributed by atoms with Crippen LogP contribution in [0.4, 0.5) is 0 Å². The van der Waals surface area contributed by atoms with Crippen molar-refractivity contribution in [3.05, 3.63) is 58.5 Å². The van der Waals surface area contributed by atoms with Gasteiger partial charge in [0.15, 0.2) is 0 Å². The lowest BCUT2D eigenvalue weighted by Gasteiger charge is -2.24. The smallest absolute Gasteiger partial charge is 0.295 e. The third kappa shape index (κ3) is 3.63. The van der Waals surface area contributed by atoms with Crippen LogP contribution in [-0.4, -0.2) is 60.9 Å². The molecule has 1 atom stereocenters. The van der Waals surface area contributed by atoms with Gasteiger partial charge in [-0.1, -0.05) is 11.6 Å². The number of rotatable bonds is 6. The van der Waals surface area contributed by atoms with E-state index in [4.69, 9.17) is 20.8 Å². The molecule has 1 fully saturated rings. The van der Waals surface area contributed by atoms with Crippen molar-refractivity contribution in [1.82, 2.24) is 9.80 Å². The summed E-state index contributed by atoms with van der Waals surface area (Å²) in [4.78, 5) is 28.8. The second kappa shape index (κ2) is 8.08. The Labute approximate surface area is 167 Å². The molecule has 0 bridgehead atoms. The summed E-state index contributed by atoms with van der Waals surface area (Å²) in [6.45, 7) is 0.844. The number of amides is 1. The van der Waals surface area contributed by atoms with E-state index in [-0.39, 0.29) is 16.9 Å². The van der Waals surface area contributed by atoms with Crippen LogP contribution in [0, 0.1) is 0 Å². The number of carbonyl (C=O) groups excluding carboxylic acids is 2. The fraction of sp³-hybridized carbons (Fsp3) is 0.300. The highest BCUT2D eigenvalue weighted by Gasteiger charge is 2.47. The number of ether oxygens (including phenoxy) is 1. The molecule has 1 aliphatic heterocycles. The molecule has 0 spiro atoms. The standard InChI is InChI=1S/C20H21ClN2O5/c1-22(2)8-9-23-17(15-5-4-10-28-15)16(19(25)20(23)26)18(24)13-11-12(21)6-7-14(13)27-3/h4-7,10-11,17,24H,8-9H2,1-3H3/b18-16+/t17-/m1/s1. The number of likely N-dealkylation sites (tertiary alicyclic amines) is 1. The number of aliphatic hydroxyl groups excluding tert-OH is 1. The van der Waals surface area contributed by atoms with Crippen LogP contribution < -0.4 is 4.74 Å². The van der Waals surface area contributed by atoms with Gasteiger partial charge in [0.1, 0.15) is 23.3 Å². The SMILES string of the molecule is COc1ccc(Cl)cc1/C(O)=C1\C(=O)C(=O)N(CCN(C)C)[C@@H]1c1ccco1. The number of ketones is 1. The van der Waals surface area contributed by atoms with Gasteiger partial charge in [-0.15, -0.1) is 0 Å². The Balaban J connectivity index is 2.17. The Kier molecular flexibility index (Phi) is 5.76. The average Bonchev–Trinajstić information content (AvgIpc) is 3.27. The lowest BCUT2D eigenvalue weighted by atomic mass is 9.99. The van der Waals surface area contributed by atoms with Crippen molar-refractivity contribution in [3.63, 3.8) is 0 Å². The number of carbonyl (C=O) groups is 2. The first-order valence-corrected chi connectivity index (χ1v) is 9.03. The zero-order chi connectivity index (χ0) is 20.4. The molecule has 1 aliphatic rings. The molecular weight excluding hydrogens is 384 g/mol. The number of furan rings is 1. The number of halogens is 1. The highest BCUT2D eigenvalue weighted by atomic mass is 35.5. The minimum atomic E-state index is -0.835. The zero-order valence-electron chi connectivity index (χ0n) is 15.8. The van der Waals surface area contributed by atoms with Gasteiger partial charge in [-0.05, 0) is 44.4 Å². The minimum Gasteiger partial charge on any atom is -0.507 e. The average molecular weight is 405 g/mol. The van der Waals surface area contributed by atoms with Crippen molar-refractivity contribution >= 4 is 29.1 Å². The summed E-state index contributed by atoms with van der Waals surface area (Å²) in [6.07, 6.45) is 1.46. The fourth-order valence-electron chi connectivity index (χ4n) is 3.17. The maximum Gasteiger partial charge on any atom is 0.295 e. The van der Waals surface area contributed by atoms with E-state index in [1.165, 1.54) is 24.3 Å². The zero-order valence-corrected chi connectivity index (χ0v) is 16.6. The highest BCUT2D eigenvalue weighted by molar-refractivity contribution is 6.46. The summed E-state index contributed by atoms with van der Waals surface area (Å²) < 4.78 is 10.8. The summed E-state index contributed by atoms with van der Waals surface area (Å²) in [7, 11) is 5.18. The lowest BCUT2D eigenvalue weighted by molar-refractivity contribution is -0.140. The van der Waals surface area contributed by atoms with Gasteiger partial charge in [0.05, 0.1) is 24.5 Å². The molecule has 1 aromatic carbocycles. The van der Waals surface area contributed by atoms with E-state index in [1.807, 2.05) is 19.0 Å². The van der Waals surface area contributed by atoms with Crippen molar-refractivity contribution < 1.29 is 23.8 Å². The first-order chi connectivity index (χ1) is 13.3. The van der Waals surface area contributed by atoms with Crippen LogP contribution in [0.1, 0.15) is 17.4 Å². The van der Waals surface area contributed by atoms with Gasteiger partial charge in [0.25, 0.3) is 11.7 Å². The number of benzene rings is 1. The molecule has 0 radical (unpaired) electrons. The molecule has 1 saturated heterocycles. The second-order valence-electron chi connectivity index (χ2n) is 6.66. The van der Waals surface area contributed by atoms with E-state index in [9.17, 15) is 14.7 Å². The van der Waals surface area contributed by atoms with Crippen LogP contribution >= 0.6 is 11.6 Å². The number of aliphatic hydroxyl groups is 1. The molecule has 8 heteroatoms. The van der Waals surface area contributed by atoms with Crippen LogP contribution in [0.2, 0.25) is 5.02 Å². The molecule has 2 aromatic rings. The number of hydrogen-bond donors (Lipinski definition) is 1. The maximum absolute atomic E-state index is 12.8. The van der Waals surface area contributed by atoms with Gasteiger partial charge in [0.2, 0.25) is 0 Å². The van der Waals surface area contributed by atoms with Crippen LogP contribution in [0.3, 0.4) is 0 Å². The molecule has 148 valence electrons. The Bertz CT molecular complexity index is 921. The third-order valence-corrected chi connectivity index (χ3v) is 4.79. The molecule has 7 nitrogen and oxygen atoms in total. The van der Waals surface area contributed by atoms with E-state index < -0.39 is 17.7 Å². The largest absolute Gasteiger partial charge is 0.507 e. The van der Waals surface area contributed by atoms with E-state index in [0.29, 0.717) is 29.6 Å². The van der Waals surface area contributed by atoms with E-state index in [1.54, 1.807) is 24.3 Å². The Hall–Kier alpha value is -2.77.